The molecule has 6 heteroatoms. The number of halogens is 3. The molecule has 0 saturated carbocycles. The SMILES string of the molecule is CC(O)CCOc1ccc(C(F)(F)F)cc1Oc1ccccc1. The summed E-state index contributed by atoms with van der Waals surface area (Å²) in [5.74, 6) is 0.589. The molecule has 0 aliphatic rings. The molecule has 0 spiro atoms. The van der Waals surface area contributed by atoms with Gasteiger partial charge in [-0.2, -0.15) is 13.2 Å². The molecule has 2 aromatic rings. The van der Waals surface area contributed by atoms with Crippen molar-refractivity contribution in [2.75, 3.05) is 6.61 Å². The fourth-order valence-corrected chi connectivity index (χ4v) is 1.84. The van der Waals surface area contributed by atoms with E-state index in [9.17, 15) is 18.3 Å². The zero-order chi connectivity index (χ0) is 16.9. The van der Waals surface area contributed by atoms with Crippen LogP contribution in [0.1, 0.15) is 18.9 Å². The molecule has 0 aromatic heterocycles. The van der Waals surface area contributed by atoms with Crippen LogP contribution in [0.4, 0.5) is 13.2 Å². The maximum Gasteiger partial charge on any atom is 0.416 e. The molecule has 0 aliphatic heterocycles. The predicted octanol–water partition coefficient (Wildman–Crippen LogP) is 4.65. The van der Waals surface area contributed by atoms with Gasteiger partial charge in [0.15, 0.2) is 11.5 Å². The van der Waals surface area contributed by atoms with Crippen LogP contribution in [0.3, 0.4) is 0 Å². The van der Waals surface area contributed by atoms with E-state index < -0.39 is 17.8 Å². The van der Waals surface area contributed by atoms with E-state index in [-0.39, 0.29) is 18.1 Å². The maximum atomic E-state index is 12.9. The van der Waals surface area contributed by atoms with Gasteiger partial charge in [0, 0.05) is 6.42 Å². The van der Waals surface area contributed by atoms with Crippen molar-refractivity contribution >= 4 is 0 Å². The second-order valence-corrected chi connectivity index (χ2v) is 5.06. The molecule has 1 N–H and O–H groups in total. The molecule has 3 nitrogen and oxygen atoms in total. The third-order valence-corrected chi connectivity index (χ3v) is 3.04. The lowest BCUT2D eigenvalue weighted by molar-refractivity contribution is -0.137. The van der Waals surface area contributed by atoms with Crippen LogP contribution >= 0.6 is 0 Å². The van der Waals surface area contributed by atoms with E-state index in [1.807, 2.05) is 0 Å². The molecule has 0 aliphatic carbocycles. The first kappa shape index (κ1) is 17.1. The maximum absolute atomic E-state index is 12.9. The van der Waals surface area contributed by atoms with Crippen LogP contribution in [-0.4, -0.2) is 17.8 Å². The lowest BCUT2D eigenvalue weighted by Gasteiger charge is -2.15. The fourth-order valence-electron chi connectivity index (χ4n) is 1.84. The van der Waals surface area contributed by atoms with Crippen molar-refractivity contribution in [3.8, 4) is 17.2 Å². The molecule has 0 amide bonds. The monoisotopic (exact) mass is 326 g/mol. The number of ether oxygens (including phenoxy) is 2. The molecule has 2 rings (SSSR count). The number of hydrogen-bond acceptors (Lipinski definition) is 3. The lowest BCUT2D eigenvalue weighted by Crippen LogP contribution is -2.09. The van der Waals surface area contributed by atoms with E-state index in [1.54, 1.807) is 37.3 Å². The first-order chi connectivity index (χ1) is 10.9. The summed E-state index contributed by atoms with van der Waals surface area (Å²) >= 11 is 0. The van der Waals surface area contributed by atoms with Crippen molar-refractivity contribution in [1.82, 2.24) is 0 Å². The third-order valence-electron chi connectivity index (χ3n) is 3.04. The molecule has 0 heterocycles. The molecule has 1 atom stereocenters. The van der Waals surface area contributed by atoms with Crippen LogP contribution in [0, 0.1) is 0 Å². The second-order valence-electron chi connectivity index (χ2n) is 5.06. The van der Waals surface area contributed by atoms with Crippen molar-refractivity contribution in [1.29, 1.82) is 0 Å². The topological polar surface area (TPSA) is 38.7 Å². The first-order valence-electron chi connectivity index (χ1n) is 7.11. The van der Waals surface area contributed by atoms with Gasteiger partial charge in [0.1, 0.15) is 5.75 Å². The molecule has 0 radical (unpaired) electrons. The highest BCUT2D eigenvalue weighted by Gasteiger charge is 2.31. The average molecular weight is 326 g/mol. The summed E-state index contributed by atoms with van der Waals surface area (Å²) in [6.07, 6.45) is -4.65. The Bertz CT molecular complexity index is 625. The van der Waals surface area contributed by atoms with E-state index in [0.717, 1.165) is 12.1 Å². The van der Waals surface area contributed by atoms with Gasteiger partial charge in [-0.05, 0) is 37.3 Å². The minimum Gasteiger partial charge on any atom is -0.490 e. The van der Waals surface area contributed by atoms with E-state index >= 15 is 0 Å². The van der Waals surface area contributed by atoms with Gasteiger partial charge in [-0.3, -0.25) is 0 Å². The van der Waals surface area contributed by atoms with Crippen molar-refractivity contribution in [2.45, 2.75) is 25.6 Å². The standard InChI is InChI=1S/C17H17F3O3/c1-12(21)9-10-22-15-8-7-13(17(18,19)20)11-16(15)23-14-5-3-2-4-6-14/h2-8,11-12,21H,9-10H2,1H3. The van der Waals surface area contributed by atoms with Gasteiger partial charge >= 0.3 is 6.18 Å². The van der Waals surface area contributed by atoms with Crippen LogP contribution in [0.2, 0.25) is 0 Å². The summed E-state index contributed by atoms with van der Waals surface area (Å²) in [4.78, 5) is 0. The van der Waals surface area contributed by atoms with Crippen LogP contribution < -0.4 is 9.47 Å². The van der Waals surface area contributed by atoms with Crippen LogP contribution in [0.25, 0.3) is 0 Å². The zero-order valence-corrected chi connectivity index (χ0v) is 12.5. The molecule has 2 aromatic carbocycles. The Kier molecular flexibility index (Phi) is 5.50. The van der Waals surface area contributed by atoms with Crippen LogP contribution in [0.15, 0.2) is 48.5 Å². The number of rotatable bonds is 6. The number of hydrogen-bond donors (Lipinski definition) is 1. The Morgan fingerprint density at radius 3 is 2.35 bits per heavy atom. The van der Waals surface area contributed by atoms with Crippen molar-refractivity contribution < 1.29 is 27.8 Å². The Labute approximate surface area is 132 Å². The van der Waals surface area contributed by atoms with Crippen molar-refractivity contribution in [2.24, 2.45) is 0 Å². The molecule has 0 fully saturated rings. The number of aliphatic hydroxyl groups is 1. The van der Waals surface area contributed by atoms with E-state index in [4.69, 9.17) is 9.47 Å². The van der Waals surface area contributed by atoms with E-state index in [2.05, 4.69) is 0 Å². The number of para-hydroxylation sites is 1. The molecule has 0 bridgehead atoms. The number of alkyl halides is 3. The van der Waals surface area contributed by atoms with Gasteiger partial charge in [-0.25, -0.2) is 0 Å². The van der Waals surface area contributed by atoms with Gasteiger partial charge in [-0.15, -0.1) is 0 Å². The quantitative estimate of drug-likeness (QED) is 0.840. The van der Waals surface area contributed by atoms with Crippen molar-refractivity contribution in [3.05, 3.63) is 54.1 Å². The number of benzene rings is 2. The Morgan fingerprint density at radius 1 is 1.04 bits per heavy atom. The summed E-state index contributed by atoms with van der Waals surface area (Å²) in [5, 5.41) is 9.23. The van der Waals surface area contributed by atoms with Crippen LogP contribution in [-0.2, 0) is 6.18 Å². The van der Waals surface area contributed by atoms with E-state index in [0.29, 0.717) is 12.2 Å². The average Bonchev–Trinajstić information content (AvgIpc) is 2.48. The Morgan fingerprint density at radius 2 is 1.74 bits per heavy atom. The summed E-state index contributed by atoms with van der Waals surface area (Å²) in [7, 11) is 0. The third kappa shape index (κ3) is 5.17. The smallest absolute Gasteiger partial charge is 0.416 e. The summed E-state index contributed by atoms with van der Waals surface area (Å²) < 4.78 is 49.6. The molecular formula is C17H17F3O3. The Balaban J connectivity index is 2.25. The van der Waals surface area contributed by atoms with Gasteiger partial charge < -0.3 is 14.6 Å². The minimum absolute atomic E-state index is 0.0170. The van der Waals surface area contributed by atoms with Crippen LogP contribution in [0.5, 0.6) is 17.2 Å². The van der Waals surface area contributed by atoms with Gasteiger partial charge in [0.2, 0.25) is 0 Å². The van der Waals surface area contributed by atoms with Crippen molar-refractivity contribution in [3.63, 3.8) is 0 Å². The summed E-state index contributed by atoms with van der Waals surface area (Å²) in [5.41, 5.74) is -0.814. The molecule has 0 saturated heterocycles. The second kappa shape index (κ2) is 7.37. The largest absolute Gasteiger partial charge is 0.490 e. The Hall–Kier alpha value is -2.21. The fraction of sp³-hybridized carbons (Fsp3) is 0.294. The molecule has 1 unspecified atom stereocenters. The van der Waals surface area contributed by atoms with Gasteiger partial charge in [0.25, 0.3) is 0 Å². The summed E-state index contributed by atoms with van der Waals surface area (Å²) in [6, 6.07) is 11.6. The molecular weight excluding hydrogens is 309 g/mol. The minimum atomic E-state index is -4.47. The molecule has 23 heavy (non-hydrogen) atoms. The lowest BCUT2D eigenvalue weighted by atomic mass is 10.2. The van der Waals surface area contributed by atoms with Gasteiger partial charge in [0.05, 0.1) is 18.3 Å². The zero-order valence-electron chi connectivity index (χ0n) is 12.5. The molecule has 124 valence electrons. The first-order valence-corrected chi connectivity index (χ1v) is 7.11. The number of aliphatic hydroxyl groups excluding tert-OH is 1. The highest BCUT2D eigenvalue weighted by Crippen LogP contribution is 2.38. The highest BCUT2D eigenvalue weighted by molar-refractivity contribution is 5.46. The summed E-state index contributed by atoms with van der Waals surface area (Å²) in [6.45, 7) is 1.78. The van der Waals surface area contributed by atoms with E-state index in [1.165, 1.54) is 6.07 Å². The normalized spacial score (nSPS) is 12.7. The highest BCUT2D eigenvalue weighted by atomic mass is 19.4. The van der Waals surface area contributed by atoms with Gasteiger partial charge in [-0.1, -0.05) is 18.2 Å². The predicted molar refractivity (Wildman–Crippen MR) is 79.8 cm³/mol.